The number of rotatable bonds is 4. The second-order valence-electron chi connectivity index (χ2n) is 4.84. The van der Waals surface area contributed by atoms with E-state index in [9.17, 15) is 21.6 Å². The van der Waals surface area contributed by atoms with Gasteiger partial charge in [-0.05, 0) is 42.8 Å². The van der Waals surface area contributed by atoms with Crippen molar-refractivity contribution in [2.75, 3.05) is 7.05 Å². The Labute approximate surface area is 140 Å². The Bertz CT molecular complexity index is 820. The van der Waals surface area contributed by atoms with Gasteiger partial charge < -0.3 is 0 Å². The molecule has 0 bridgehead atoms. The van der Waals surface area contributed by atoms with E-state index in [1.165, 1.54) is 25.2 Å². The smallest absolute Gasteiger partial charge is 0.214 e. The maximum Gasteiger partial charge on any atom is 0.416 e. The van der Waals surface area contributed by atoms with Crippen LogP contribution in [0.4, 0.5) is 13.2 Å². The van der Waals surface area contributed by atoms with E-state index >= 15 is 0 Å². The first-order chi connectivity index (χ1) is 10.6. The lowest BCUT2D eigenvalue weighted by Crippen LogP contribution is -2.18. The van der Waals surface area contributed by atoms with Crippen molar-refractivity contribution in [2.45, 2.75) is 17.5 Å². The average Bonchev–Trinajstić information content (AvgIpc) is 2.48. The maximum absolute atomic E-state index is 12.7. The fourth-order valence-corrected chi connectivity index (χ4v) is 3.46. The van der Waals surface area contributed by atoms with Crippen molar-refractivity contribution < 1.29 is 21.6 Å². The lowest BCUT2D eigenvalue weighted by atomic mass is 10.0. The molecule has 0 aromatic heterocycles. The van der Waals surface area contributed by atoms with Crippen LogP contribution >= 0.6 is 15.9 Å². The van der Waals surface area contributed by atoms with Crippen LogP contribution in [0.1, 0.15) is 16.7 Å². The molecular weight excluding hydrogens is 395 g/mol. The Hall–Kier alpha value is -1.38. The molecule has 8 heteroatoms. The Kier molecular flexibility index (Phi) is 5.17. The topological polar surface area (TPSA) is 46.2 Å². The highest BCUT2D eigenvalue weighted by Gasteiger charge is 2.30. The summed E-state index contributed by atoms with van der Waals surface area (Å²) in [6, 6.07) is 9.47. The fraction of sp³-hybridized carbons (Fsp3) is 0.200. The molecule has 0 heterocycles. The van der Waals surface area contributed by atoms with Crippen molar-refractivity contribution in [3.05, 3.63) is 63.6 Å². The number of alkyl halides is 3. The van der Waals surface area contributed by atoms with E-state index in [1.807, 2.05) is 0 Å². The van der Waals surface area contributed by atoms with Crippen molar-refractivity contribution in [1.82, 2.24) is 4.72 Å². The predicted molar refractivity (Wildman–Crippen MR) is 84.6 cm³/mol. The number of halogens is 4. The largest absolute Gasteiger partial charge is 0.416 e. The molecule has 2 aromatic rings. The molecule has 1 N–H and O–H groups in total. The van der Waals surface area contributed by atoms with Crippen LogP contribution < -0.4 is 4.72 Å². The van der Waals surface area contributed by atoms with Crippen molar-refractivity contribution in [3.63, 3.8) is 0 Å². The van der Waals surface area contributed by atoms with Gasteiger partial charge in [0.15, 0.2) is 0 Å². The highest BCUT2D eigenvalue weighted by Crippen LogP contribution is 2.31. The van der Waals surface area contributed by atoms with E-state index in [0.717, 1.165) is 12.1 Å². The van der Waals surface area contributed by atoms with Gasteiger partial charge in [0.25, 0.3) is 0 Å². The van der Waals surface area contributed by atoms with Crippen LogP contribution in [-0.4, -0.2) is 15.5 Å². The number of nitrogens with one attached hydrogen (secondary N) is 1. The van der Waals surface area contributed by atoms with Crippen LogP contribution in [0.2, 0.25) is 0 Å². The van der Waals surface area contributed by atoms with Crippen LogP contribution in [0.25, 0.3) is 0 Å². The van der Waals surface area contributed by atoms with Crippen molar-refractivity contribution in [2.24, 2.45) is 0 Å². The zero-order valence-electron chi connectivity index (χ0n) is 12.0. The lowest BCUT2D eigenvalue weighted by molar-refractivity contribution is -0.137. The zero-order chi connectivity index (χ0) is 17.3. The maximum atomic E-state index is 12.7. The third-order valence-corrected chi connectivity index (χ3v) is 5.40. The van der Waals surface area contributed by atoms with E-state index < -0.39 is 21.8 Å². The first kappa shape index (κ1) is 18.0. The second-order valence-corrected chi connectivity index (χ2v) is 7.58. The van der Waals surface area contributed by atoms with Crippen molar-refractivity contribution in [3.8, 4) is 0 Å². The predicted octanol–water partition coefficient (Wildman–Crippen LogP) is 3.97. The van der Waals surface area contributed by atoms with Gasteiger partial charge in [0, 0.05) is 4.47 Å². The Morgan fingerprint density at radius 3 is 2.39 bits per heavy atom. The summed E-state index contributed by atoms with van der Waals surface area (Å²) in [4.78, 5) is 0.0830. The van der Waals surface area contributed by atoms with E-state index in [4.69, 9.17) is 0 Å². The van der Waals surface area contributed by atoms with Crippen molar-refractivity contribution >= 4 is 26.0 Å². The third kappa shape index (κ3) is 4.33. The molecule has 2 rings (SSSR count). The van der Waals surface area contributed by atoms with Gasteiger partial charge in [-0.1, -0.05) is 40.2 Å². The highest BCUT2D eigenvalue weighted by atomic mass is 79.9. The molecule has 0 aliphatic rings. The van der Waals surface area contributed by atoms with Crippen LogP contribution in [0.3, 0.4) is 0 Å². The average molecular weight is 408 g/mol. The molecule has 23 heavy (non-hydrogen) atoms. The van der Waals surface area contributed by atoms with Gasteiger partial charge in [0.05, 0.1) is 10.5 Å². The minimum Gasteiger partial charge on any atom is -0.214 e. The Balaban J connectivity index is 2.32. The molecule has 3 nitrogen and oxygen atoms in total. The summed E-state index contributed by atoms with van der Waals surface area (Å²) < 4.78 is 64.3. The standard InChI is InChI=1S/C15H13BrF3NO2S/c1-20-23(21,22)13-6-5-11(14(16)9-13)7-10-3-2-4-12(8-10)15(17,18)19/h2-6,8-9,20H,7H2,1H3. The molecule has 0 unspecified atom stereocenters. The molecule has 2 aromatic carbocycles. The number of sulfonamides is 1. The second kappa shape index (κ2) is 6.62. The summed E-state index contributed by atoms with van der Waals surface area (Å²) >= 11 is 3.27. The molecule has 0 atom stereocenters. The minimum absolute atomic E-state index is 0.0830. The summed E-state index contributed by atoms with van der Waals surface area (Å²) in [7, 11) is -2.26. The van der Waals surface area contributed by atoms with Gasteiger partial charge in [0.1, 0.15) is 0 Å². The molecule has 0 radical (unpaired) electrons. The van der Waals surface area contributed by atoms with Gasteiger partial charge in [-0.2, -0.15) is 13.2 Å². The first-order valence-electron chi connectivity index (χ1n) is 6.51. The van der Waals surface area contributed by atoms with Gasteiger partial charge in [-0.3, -0.25) is 0 Å². The quantitative estimate of drug-likeness (QED) is 0.833. The van der Waals surface area contributed by atoms with E-state index in [2.05, 4.69) is 20.7 Å². The summed E-state index contributed by atoms with van der Waals surface area (Å²) in [5.41, 5.74) is 0.477. The third-order valence-electron chi connectivity index (χ3n) is 3.25. The Morgan fingerprint density at radius 1 is 1.13 bits per heavy atom. The normalized spacial score (nSPS) is 12.4. The van der Waals surface area contributed by atoms with E-state index in [1.54, 1.807) is 12.1 Å². The number of hydrogen-bond donors (Lipinski definition) is 1. The van der Waals surface area contributed by atoms with Gasteiger partial charge in [-0.25, -0.2) is 13.1 Å². The molecule has 0 aliphatic heterocycles. The number of hydrogen-bond acceptors (Lipinski definition) is 2. The SMILES string of the molecule is CNS(=O)(=O)c1ccc(Cc2cccc(C(F)(F)F)c2)c(Br)c1. The first-order valence-corrected chi connectivity index (χ1v) is 8.79. The monoisotopic (exact) mass is 407 g/mol. The van der Waals surface area contributed by atoms with Crippen LogP contribution in [0, 0.1) is 0 Å². The molecular formula is C15H13BrF3NO2S. The van der Waals surface area contributed by atoms with E-state index in [0.29, 0.717) is 15.6 Å². The molecule has 0 amide bonds. The molecule has 124 valence electrons. The van der Waals surface area contributed by atoms with E-state index in [-0.39, 0.29) is 11.3 Å². The van der Waals surface area contributed by atoms with Gasteiger partial charge in [0.2, 0.25) is 10.0 Å². The van der Waals surface area contributed by atoms with Crippen molar-refractivity contribution in [1.29, 1.82) is 0 Å². The van der Waals surface area contributed by atoms with Crippen LogP contribution in [-0.2, 0) is 22.6 Å². The van der Waals surface area contributed by atoms with Gasteiger partial charge in [-0.15, -0.1) is 0 Å². The molecule has 0 spiro atoms. The number of benzene rings is 2. The minimum atomic E-state index is -4.39. The molecule has 0 fully saturated rings. The summed E-state index contributed by atoms with van der Waals surface area (Å²) in [6.07, 6.45) is -4.14. The summed E-state index contributed by atoms with van der Waals surface area (Å²) in [6.45, 7) is 0. The van der Waals surface area contributed by atoms with Crippen LogP contribution in [0.5, 0.6) is 0 Å². The van der Waals surface area contributed by atoms with Gasteiger partial charge >= 0.3 is 6.18 Å². The summed E-state index contributed by atoms with van der Waals surface area (Å²) in [5, 5.41) is 0. The summed E-state index contributed by atoms with van der Waals surface area (Å²) in [5.74, 6) is 0. The molecule has 0 saturated carbocycles. The molecule has 0 aliphatic carbocycles. The highest BCUT2D eigenvalue weighted by molar-refractivity contribution is 9.10. The molecule has 0 saturated heterocycles. The zero-order valence-corrected chi connectivity index (χ0v) is 14.4. The van der Waals surface area contributed by atoms with Crippen LogP contribution in [0.15, 0.2) is 51.8 Å². The lowest BCUT2D eigenvalue weighted by Gasteiger charge is -2.11. The Morgan fingerprint density at radius 2 is 1.83 bits per heavy atom. The fourth-order valence-electron chi connectivity index (χ4n) is 2.03.